The molecule has 0 aliphatic rings. The van der Waals surface area contributed by atoms with Crippen molar-refractivity contribution in [1.29, 1.82) is 0 Å². The van der Waals surface area contributed by atoms with Crippen molar-refractivity contribution in [2.45, 2.75) is 0 Å². The van der Waals surface area contributed by atoms with Gasteiger partial charge in [0.1, 0.15) is 0 Å². The van der Waals surface area contributed by atoms with Gasteiger partial charge >= 0.3 is 72.2 Å². The monoisotopic (exact) mass is 188 g/mol. The van der Waals surface area contributed by atoms with E-state index in [0.29, 0.717) is 0 Å². The second-order valence-corrected chi connectivity index (χ2v) is 2.87. The molecule has 0 aliphatic carbocycles. The van der Waals surface area contributed by atoms with Gasteiger partial charge in [0.15, 0.2) is 0 Å². The van der Waals surface area contributed by atoms with Crippen LogP contribution in [0.4, 0.5) is 25.2 Å². The molecule has 0 aromatic rings. The van der Waals surface area contributed by atoms with Crippen LogP contribution >= 0.6 is 7.81 Å². The molecule has 8 heteroatoms. The van der Waals surface area contributed by atoms with Gasteiger partial charge in [-0.3, -0.25) is 0 Å². The van der Waals surface area contributed by atoms with Crippen LogP contribution < -0.4 is 0 Å². The molecule has 0 spiro atoms. The molecule has 0 bridgehead atoms. The molecule has 0 amide bonds. The average molecular weight is 188 g/mol. The third kappa shape index (κ3) is 177. The van der Waals surface area contributed by atoms with Crippen LogP contribution in [-0.4, -0.2) is 37.7 Å². The molecule has 52 valence electrons. The SMILES string of the molecule is F[P-](F)(F)(F)(F)F.[CaH2].[H+]. The van der Waals surface area contributed by atoms with E-state index in [9.17, 15) is 25.2 Å². The van der Waals surface area contributed by atoms with Gasteiger partial charge in [-0.2, -0.15) is 0 Å². The second-order valence-electron chi connectivity index (χ2n) is 0.958. The van der Waals surface area contributed by atoms with Crippen LogP contribution in [0, 0.1) is 0 Å². The summed E-state index contributed by atoms with van der Waals surface area (Å²) >= 11 is 0. The number of hydrogen-bond acceptors (Lipinski definition) is 0. The first kappa shape index (κ1) is 12.0. The maximum absolute atomic E-state index is 10.7. The molecule has 0 aliphatic heterocycles. The Balaban J connectivity index is -0.000000180. The van der Waals surface area contributed by atoms with E-state index in [1.165, 1.54) is 0 Å². The van der Waals surface area contributed by atoms with E-state index in [1.54, 1.807) is 0 Å². The molecule has 0 aromatic carbocycles. The van der Waals surface area contributed by atoms with E-state index in [2.05, 4.69) is 0 Å². The molecular weight excluding hydrogens is 185 g/mol. The Hall–Kier alpha value is 1.27. The minimum absolute atomic E-state index is 0. The fourth-order valence-corrected chi connectivity index (χ4v) is 0. The van der Waals surface area contributed by atoms with E-state index in [0.717, 1.165) is 0 Å². The molecule has 0 radical (unpaired) electrons. The van der Waals surface area contributed by atoms with Crippen molar-refractivity contribution in [2.75, 3.05) is 0 Å². The number of halogens is 6. The summed E-state index contributed by atoms with van der Waals surface area (Å²) < 4.78 is 59.2. The van der Waals surface area contributed by atoms with E-state index >= 15 is 0 Å². The molecular formula is H3CaF6P. The van der Waals surface area contributed by atoms with Gasteiger partial charge in [-0.05, 0) is 0 Å². The largest absolute Gasteiger partial charge is 1.00 e. The van der Waals surface area contributed by atoms with Crippen LogP contribution in [0.3, 0.4) is 0 Å². The molecule has 0 saturated heterocycles. The zero-order valence-corrected chi connectivity index (χ0v) is 3.61. The third-order valence-electron chi connectivity index (χ3n) is 0. The van der Waals surface area contributed by atoms with E-state index in [1.807, 2.05) is 0 Å². The minimum Gasteiger partial charge on any atom is 1.00 e. The fraction of sp³-hybridized carbons (Fsp3) is 0. The van der Waals surface area contributed by atoms with Crippen molar-refractivity contribution in [3.05, 3.63) is 0 Å². The maximum atomic E-state index is 9.87. The predicted molar refractivity (Wildman–Crippen MR) is 23.2 cm³/mol. The van der Waals surface area contributed by atoms with Crippen LogP contribution in [0.1, 0.15) is 1.43 Å². The molecule has 0 unspecified atom stereocenters. The summed E-state index contributed by atoms with van der Waals surface area (Å²) in [6, 6.07) is 0. The van der Waals surface area contributed by atoms with E-state index < -0.39 is 7.81 Å². The van der Waals surface area contributed by atoms with Gasteiger partial charge in [0, 0.05) is 0 Å². The first-order valence-electron chi connectivity index (χ1n) is 1.01. The van der Waals surface area contributed by atoms with Crippen LogP contribution in [0.2, 0.25) is 0 Å². The van der Waals surface area contributed by atoms with Gasteiger partial charge < -0.3 is 0 Å². The number of hydrogen-bond donors (Lipinski definition) is 0. The summed E-state index contributed by atoms with van der Waals surface area (Å²) in [5.41, 5.74) is 0. The molecule has 0 heterocycles. The Bertz CT molecular complexity index is 71.6. The standard InChI is InChI=1S/Ca.F6P.2H/c;1-7(2,3,4,5)6;;/q;-1;;/p+1. The number of rotatable bonds is 0. The van der Waals surface area contributed by atoms with Crippen LogP contribution in [0.25, 0.3) is 0 Å². The van der Waals surface area contributed by atoms with Crippen molar-refractivity contribution in [2.24, 2.45) is 0 Å². The van der Waals surface area contributed by atoms with Gasteiger partial charge in [0.25, 0.3) is 0 Å². The Morgan fingerprint density at radius 1 is 0.750 bits per heavy atom. The van der Waals surface area contributed by atoms with Gasteiger partial charge in [0.2, 0.25) is 0 Å². The zero-order chi connectivity index (χ0) is 6.41. The van der Waals surface area contributed by atoms with Crippen molar-refractivity contribution >= 4 is 45.5 Å². The van der Waals surface area contributed by atoms with E-state index in [-0.39, 0.29) is 39.2 Å². The quantitative estimate of drug-likeness (QED) is 0.311. The topological polar surface area (TPSA) is 0 Å². The molecule has 0 fully saturated rings. The molecule has 0 aromatic heterocycles. The molecule has 8 heavy (non-hydrogen) atoms. The fourth-order valence-electron chi connectivity index (χ4n) is 0. The summed E-state index contributed by atoms with van der Waals surface area (Å²) in [5, 5.41) is 0. The van der Waals surface area contributed by atoms with Crippen molar-refractivity contribution in [1.82, 2.24) is 0 Å². The summed E-state index contributed by atoms with van der Waals surface area (Å²) in [6.07, 6.45) is 0. The van der Waals surface area contributed by atoms with E-state index in [4.69, 9.17) is 0 Å². The van der Waals surface area contributed by atoms with Crippen LogP contribution in [0.15, 0.2) is 0 Å². The molecule has 0 N–H and O–H groups in total. The second kappa shape index (κ2) is 1.65. The van der Waals surface area contributed by atoms with Gasteiger partial charge in [-0.15, -0.1) is 0 Å². The Morgan fingerprint density at radius 3 is 0.750 bits per heavy atom. The third-order valence-corrected chi connectivity index (χ3v) is 0. The molecule has 0 atom stereocenters. The Labute approximate surface area is 72.0 Å². The predicted octanol–water partition coefficient (Wildman–Crippen LogP) is 2.58. The molecule has 0 saturated carbocycles. The van der Waals surface area contributed by atoms with Crippen LogP contribution in [-0.2, 0) is 0 Å². The smallest absolute Gasteiger partial charge is 1.00 e. The first-order valence-corrected chi connectivity index (χ1v) is 3.04. The summed E-state index contributed by atoms with van der Waals surface area (Å²) in [7, 11) is -10.7. The molecule has 0 nitrogen and oxygen atoms in total. The van der Waals surface area contributed by atoms with Crippen molar-refractivity contribution in [3.8, 4) is 0 Å². The van der Waals surface area contributed by atoms with Crippen molar-refractivity contribution < 1.29 is 26.6 Å². The minimum atomic E-state index is -10.7. The van der Waals surface area contributed by atoms with Gasteiger partial charge in [0.05, 0.1) is 0 Å². The van der Waals surface area contributed by atoms with Crippen LogP contribution in [0.5, 0.6) is 0 Å². The van der Waals surface area contributed by atoms with Gasteiger partial charge in [-0.1, -0.05) is 0 Å². The maximum Gasteiger partial charge on any atom is 1.00 e. The normalized spacial score (nSPS) is 20.2. The summed E-state index contributed by atoms with van der Waals surface area (Å²) in [6.45, 7) is 0. The van der Waals surface area contributed by atoms with Gasteiger partial charge in [-0.25, -0.2) is 0 Å². The summed E-state index contributed by atoms with van der Waals surface area (Å²) in [5.74, 6) is 0. The Kier molecular flexibility index (Phi) is 2.48. The molecule has 0 rings (SSSR count). The van der Waals surface area contributed by atoms with Crippen molar-refractivity contribution in [3.63, 3.8) is 0 Å². The summed E-state index contributed by atoms with van der Waals surface area (Å²) in [4.78, 5) is 0. The average Bonchev–Trinajstić information content (AvgIpc) is 0.592. The Morgan fingerprint density at radius 2 is 0.750 bits per heavy atom. The first-order chi connectivity index (χ1) is 2.45. The zero-order valence-electron chi connectivity index (χ0n) is 3.72.